The average Bonchev–Trinajstić information content (AvgIpc) is 2.83. The van der Waals surface area contributed by atoms with Crippen molar-refractivity contribution in [3.63, 3.8) is 0 Å². The first-order valence-electron chi connectivity index (χ1n) is 7.19. The van der Waals surface area contributed by atoms with Crippen LogP contribution < -0.4 is 0 Å². The zero-order valence-corrected chi connectivity index (χ0v) is 12.7. The lowest BCUT2D eigenvalue weighted by Crippen LogP contribution is -2.39. The Morgan fingerprint density at radius 1 is 1.43 bits per heavy atom. The Balaban J connectivity index is 1.87. The molecule has 3 rings (SSSR count). The van der Waals surface area contributed by atoms with Gasteiger partial charge in [0.25, 0.3) is 5.91 Å². The molecule has 1 aliphatic heterocycles. The first-order chi connectivity index (χ1) is 10.1. The number of carbonyl (C=O) groups is 1. The van der Waals surface area contributed by atoms with Crippen LogP contribution in [0, 0.1) is 12.8 Å². The van der Waals surface area contributed by atoms with Crippen LogP contribution in [0.3, 0.4) is 0 Å². The summed E-state index contributed by atoms with van der Waals surface area (Å²) in [5.74, 6) is 0.635. The molecule has 1 aliphatic rings. The summed E-state index contributed by atoms with van der Waals surface area (Å²) in [7, 11) is 0. The molecule has 0 bridgehead atoms. The summed E-state index contributed by atoms with van der Waals surface area (Å²) in [6.45, 7) is 3.42. The Hall–Kier alpha value is -1.52. The monoisotopic (exact) mass is 307 g/mol. The highest BCUT2D eigenvalue weighted by Crippen LogP contribution is 2.29. The third-order valence-corrected chi connectivity index (χ3v) is 4.49. The van der Waals surface area contributed by atoms with Gasteiger partial charge < -0.3 is 14.4 Å². The van der Waals surface area contributed by atoms with E-state index in [0.717, 1.165) is 23.8 Å². The highest BCUT2D eigenvalue weighted by atomic mass is 35.5. The lowest BCUT2D eigenvalue weighted by molar-refractivity contribution is 0.0621. The fourth-order valence-corrected chi connectivity index (χ4v) is 3.03. The van der Waals surface area contributed by atoms with E-state index in [1.54, 1.807) is 17.0 Å². The second-order valence-electron chi connectivity index (χ2n) is 5.61. The molecular formula is C16H18ClNO3. The molecule has 21 heavy (non-hydrogen) atoms. The van der Waals surface area contributed by atoms with Crippen molar-refractivity contribution < 1.29 is 14.3 Å². The molecule has 1 fully saturated rings. The topological polar surface area (TPSA) is 53.7 Å². The summed E-state index contributed by atoms with van der Waals surface area (Å²) in [4.78, 5) is 14.4. The van der Waals surface area contributed by atoms with Crippen LogP contribution in [-0.4, -0.2) is 35.6 Å². The summed E-state index contributed by atoms with van der Waals surface area (Å²) in [6.07, 6.45) is 1.68. The van der Waals surface area contributed by atoms with Crippen molar-refractivity contribution in [2.24, 2.45) is 5.92 Å². The van der Waals surface area contributed by atoms with Gasteiger partial charge in [0.15, 0.2) is 5.76 Å². The lowest BCUT2D eigenvalue weighted by Gasteiger charge is -2.30. The van der Waals surface area contributed by atoms with Gasteiger partial charge in [-0.05, 0) is 43.9 Å². The molecule has 1 amide bonds. The van der Waals surface area contributed by atoms with Crippen LogP contribution in [0.4, 0.5) is 0 Å². The Morgan fingerprint density at radius 3 is 2.81 bits per heavy atom. The van der Waals surface area contributed by atoms with Crippen molar-refractivity contribution in [1.29, 1.82) is 0 Å². The molecule has 0 aliphatic carbocycles. The third kappa shape index (κ3) is 2.65. The molecule has 1 N–H and O–H groups in total. The second-order valence-corrected chi connectivity index (χ2v) is 6.05. The first-order valence-corrected chi connectivity index (χ1v) is 7.56. The van der Waals surface area contributed by atoms with Crippen molar-refractivity contribution in [2.75, 3.05) is 19.7 Å². The molecule has 2 aromatic rings. The molecule has 4 nitrogen and oxygen atoms in total. The number of carbonyl (C=O) groups excluding carboxylic acids is 1. The van der Waals surface area contributed by atoms with Crippen LogP contribution in [0.5, 0.6) is 0 Å². The number of fused-ring (bicyclic) bond motifs is 1. The minimum absolute atomic E-state index is 0.0730. The SMILES string of the molecule is Cc1c(C(=O)N2CCC(CO)CC2)oc2ccc(Cl)cc12. The zero-order valence-electron chi connectivity index (χ0n) is 11.9. The molecule has 0 radical (unpaired) electrons. The van der Waals surface area contributed by atoms with Gasteiger partial charge in [-0.15, -0.1) is 0 Å². The summed E-state index contributed by atoms with van der Waals surface area (Å²) in [5.41, 5.74) is 1.52. The lowest BCUT2D eigenvalue weighted by atomic mass is 9.97. The maximum absolute atomic E-state index is 12.6. The van der Waals surface area contributed by atoms with E-state index in [-0.39, 0.29) is 12.5 Å². The number of furan rings is 1. The highest BCUT2D eigenvalue weighted by Gasteiger charge is 2.27. The normalized spacial score (nSPS) is 16.6. The number of piperidine rings is 1. The van der Waals surface area contributed by atoms with Crippen LogP contribution >= 0.6 is 11.6 Å². The fraction of sp³-hybridized carbons (Fsp3) is 0.438. The Morgan fingerprint density at radius 2 is 2.14 bits per heavy atom. The van der Waals surface area contributed by atoms with Crippen LogP contribution in [-0.2, 0) is 0 Å². The maximum atomic E-state index is 12.6. The first kappa shape index (κ1) is 14.4. The number of benzene rings is 1. The summed E-state index contributed by atoms with van der Waals surface area (Å²) >= 11 is 6.00. The minimum atomic E-state index is -0.0730. The molecule has 112 valence electrons. The van der Waals surface area contributed by atoms with E-state index in [1.807, 2.05) is 13.0 Å². The van der Waals surface area contributed by atoms with E-state index in [0.29, 0.717) is 35.4 Å². The van der Waals surface area contributed by atoms with Gasteiger partial charge in [0, 0.05) is 35.7 Å². The Kier molecular flexibility index (Phi) is 3.91. The molecular weight excluding hydrogens is 290 g/mol. The molecule has 5 heteroatoms. The fourth-order valence-electron chi connectivity index (χ4n) is 2.86. The van der Waals surface area contributed by atoms with Gasteiger partial charge in [0.2, 0.25) is 0 Å². The van der Waals surface area contributed by atoms with Crippen LogP contribution in [0.15, 0.2) is 22.6 Å². The number of aliphatic hydroxyl groups is 1. The van der Waals surface area contributed by atoms with Gasteiger partial charge >= 0.3 is 0 Å². The van der Waals surface area contributed by atoms with Gasteiger partial charge in [-0.2, -0.15) is 0 Å². The number of likely N-dealkylation sites (tertiary alicyclic amines) is 1. The number of rotatable bonds is 2. The number of hydrogen-bond donors (Lipinski definition) is 1. The van der Waals surface area contributed by atoms with Crippen molar-refractivity contribution in [3.8, 4) is 0 Å². The van der Waals surface area contributed by atoms with Crippen molar-refractivity contribution in [2.45, 2.75) is 19.8 Å². The summed E-state index contributed by atoms with van der Waals surface area (Å²) in [5, 5.41) is 10.7. The molecule has 0 atom stereocenters. The number of halogens is 1. The minimum Gasteiger partial charge on any atom is -0.451 e. The quantitative estimate of drug-likeness (QED) is 0.926. The molecule has 1 aromatic carbocycles. The Labute approximate surface area is 128 Å². The van der Waals surface area contributed by atoms with Gasteiger partial charge in [-0.25, -0.2) is 0 Å². The number of aliphatic hydroxyl groups excluding tert-OH is 1. The smallest absolute Gasteiger partial charge is 0.289 e. The van der Waals surface area contributed by atoms with Gasteiger partial charge in [-0.3, -0.25) is 4.79 Å². The van der Waals surface area contributed by atoms with Gasteiger partial charge in [0.05, 0.1) is 0 Å². The average molecular weight is 308 g/mol. The predicted molar refractivity (Wildman–Crippen MR) is 81.7 cm³/mol. The summed E-state index contributed by atoms with van der Waals surface area (Å²) < 4.78 is 5.72. The van der Waals surface area contributed by atoms with Gasteiger partial charge in [-0.1, -0.05) is 11.6 Å². The Bertz CT molecular complexity index is 671. The number of nitrogens with zero attached hydrogens (tertiary/aromatic N) is 1. The predicted octanol–water partition coefficient (Wildman–Crippen LogP) is 3.24. The number of amides is 1. The molecule has 0 saturated carbocycles. The van der Waals surface area contributed by atoms with Crippen LogP contribution in [0.2, 0.25) is 5.02 Å². The number of aryl methyl sites for hydroxylation is 1. The van der Waals surface area contributed by atoms with E-state index in [1.165, 1.54) is 0 Å². The van der Waals surface area contributed by atoms with Crippen LogP contribution in [0.1, 0.15) is 29.0 Å². The largest absolute Gasteiger partial charge is 0.451 e. The van der Waals surface area contributed by atoms with E-state index in [4.69, 9.17) is 21.1 Å². The molecule has 2 heterocycles. The second kappa shape index (κ2) is 5.70. The molecule has 1 saturated heterocycles. The van der Waals surface area contributed by atoms with E-state index < -0.39 is 0 Å². The third-order valence-electron chi connectivity index (χ3n) is 4.25. The van der Waals surface area contributed by atoms with Crippen LogP contribution in [0.25, 0.3) is 11.0 Å². The van der Waals surface area contributed by atoms with Gasteiger partial charge in [0.1, 0.15) is 5.58 Å². The van der Waals surface area contributed by atoms with Crippen molar-refractivity contribution >= 4 is 28.5 Å². The van der Waals surface area contributed by atoms with E-state index in [9.17, 15) is 4.79 Å². The molecule has 0 spiro atoms. The standard InChI is InChI=1S/C16H18ClNO3/c1-10-13-8-12(17)2-3-14(13)21-15(10)16(20)18-6-4-11(9-19)5-7-18/h2-3,8,11,19H,4-7,9H2,1H3. The molecule has 0 unspecified atom stereocenters. The zero-order chi connectivity index (χ0) is 15.0. The number of hydrogen-bond acceptors (Lipinski definition) is 3. The molecule has 1 aromatic heterocycles. The van der Waals surface area contributed by atoms with Crippen molar-refractivity contribution in [3.05, 3.63) is 34.5 Å². The van der Waals surface area contributed by atoms with E-state index >= 15 is 0 Å². The van der Waals surface area contributed by atoms with E-state index in [2.05, 4.69) is 0 Å². The summed E-state index contributed by atoms with van der Waals surface area (Å²) in [6, 6.07) is 5.37. The maximum Gasteiger partial charge on any atom is 0.289 e. The highest BCUT2D eigenvalue weighted by molar-refractivity contribution is 6.31. The van der Waals surface area contributed by atoms with Crippen molar-refractivity contribution in [1.82, 2.24) is 4.90 Å².